The fourth-order valence-electron chi connectivity index (χ4n) is 8.39. The number of unbranched alkanes of at least 4 members (excludes halogenated alkanes) is 34. The second-order valence-corrected chi connectivity index (χ2v) is 19.6. The summed E-state index contributed by atoms with van der Waals surface area (Å²) in [5, 5.41) is 0. The molecule has 0 heterocycles. The molecule has 0 saturated carbocycles. The zero-order chi connectivity index (χ0) is 48.6. The summed E-state index contributed by atoms with van der Waals surface area (Å²) in [6, 6.07) is 0. The number of hydrogen-bond donors (Lipinski definition) is 0. The van der Waals surface area contributed by atoms with E-state index in [1.165, 1.54) is 180 Å². The quantitative estimate of drug-likeness (QED) is 0.0262. The molecule has 390 valence electrons. The van der Waals surface area contributed by atoms with Crippen LogP contribution in [0.1, 0.15) is 303 Å². The Morgan fingerprint density at radius 1 is 0.299 bits per heavy atom. The van der Waals surface area contributed by atoms with Crippen LogP contribution < -0.4 is 0 Å². The maximum absolute atomic E-state index is 12.8. The summed E-state index contributed by atoms with van der Waals surface area (Å²) < 4.78 is 16.8. The van der Waals surface area contributed by atoms with E-state index < -0.39 is 6.10 Å². The third-order valence-electron chi connectivity index (χ3n) is 12.8. The summed E-state index contributed by atoms with van der Waals surface area (Å²) in [5.41, 5.74) is 0. The van der Waals surface area contributed by atoms with E-state index in [0.29, 0.717) is 19.3 Å². The Morgan fingerprint density at radius 3 is 0.910 bits per heavy atom. The molecule has 0 N–H and O–H groups in total. The van der Waals surface area contributed by atoms with Crippen molar-refractivity contribution in [1.29, 1.82) is 0 Å². The molecule has 0 aromatic heterocycles. The van der Waals surface area contributed by atoms with E-state index in [0.717, 1.165) is 83.5 Å². The van der Waals surface area contributed by atoms with Crippen molar-refractivity contribution >= 4 is 17.9 Å². The molecule has 0 fully saturated rings. The Bertz CT molecular complexity index is 1170. The van der Waals surface area contributed by atoms with Crippen molar-refractivity contribution in [2.45, 2.75) is 309 Å². The summed E-state index contributed by atoms with van der Waals surface area (Å²) >= 11 is 0. The topological polar surface area (TPSA) is 78.9 Å². The van der Waals surface area contributed by atoms with Crippen molar-refractivity contribution < 1.29 is 28.6 Å². The lowest BCUT2D eigenvalue weighted by Gasteiger charge is -2.18. The largest absolute Gasteiger partial charge is 0.462 e. The highest BCUT2D eigenvalue weighted by atomic mass is 16.6. The third-order valence-corrected chi connectivity index (χ3v) is 12.8. The minimum Gasteiger partial charge on any atom is -0.462 e. The Hall–Kier alpha value is -2.63. The Morgan fingerprint density at radius 2 is 0.537 bits per heavy atom. The van der Waals surface area contributed by atoms with E-state index in [9.17, 15) is 14.4 Å². The Labute approximate surface area is 416 Å². The molecular formula is C61H110O6. The number of esters is 3. The van der Waals surface area contributed by atoms with Crippen molar-refractivity contribution in [2.24, 2.45) is 0 Å². The summed E-state index contributed by atoms with van der Waals surface area (Å²) in [5.74, 6) is -0.919. The number of ether oxygens (including phenoxy) is 3. The van der Waals surface area contributed by atoms with Gasteiger partial charge in [-0.1, -0.05) is 249 Å². The van der Waals surface area contributed by atoms with Gasteiger partial charge in [0.25, 0.3) is 0 Å². The minimum atomic E-state index is -0.791. The summed E-state index contributed by atoms with van der Waals surface area (Å²) in [6.07, 6.45) is 68.2. The van der Waals surface area contributed by atoms with E-state index in [2.05, 4.69) is 69.4 Å². The van der Waals surface area contributed by atoms with Crippen LogP contribution in [-0.4, -0.2) is 37.2 Å². The van der Waals surface area contributed by atoms with Gasteiger partial charge in [0, 0.05) is 19.3 Å². The Balaban J connectivity index is 4.40. The van der Waals surface area contributed by atoms with Gasteiger partial charge >= 0.3 is 17.9 Å². The molecule has 0 unspecified atom stereocenters. The van der Waals surface area contributed by atoms with Gasteiger partial charge in [-0.05, 0) is 83.5 Å². The molecule has 0 amide bonds. The molecule has 0 radical (unpaired) electrons. The first-order chi connectivity index (χ1) is 33.0. The average Bonchev–Trinajstić information content (AvgIpc) is 3.33. The first-order valence-corrected chi connectivity index (χ1v) is 29.1. The lowest BCUT2D eigenvalue weighted by Crippen LogP contribution is -2.30. The third kappa shape index (κ3) is 54.2. The fraction of sp³-hybridized carbons (Fsp3) is 0.820. The molecule has 0 aromatic rings. The van der Waals surface area contributed by atoms with E-state index >= 15 is 0 Å². The molecule has 0 saturated heterocycles. The van der Waals surface area contributed by atoms with E-state index in [1.807, 2.05) is 0 Å². The lowest BCUT2D eigenvalue weighted by molar-refractivity contribution is -0.167. The van der Waals surface area contributed by atoms with Gasteiger partial charge in [-0.15, -0.1) is 0 Å². The van der Waals surface area contributed by atoms with Crippen LogP contribution in [0, 0.1) is 0 Å². The molecule has 0 bridgehead atoms. The van der Waals surface area contributed by atoms with Crippen molar-refractivity contribution in [3.05, 3.63) is 48.6 Å². The van der Waals surface area contributed by atoms with E-state index in [1.54, 1.807) is 0 Å². The molecule has 0 aliphatic rings. The van der Waals surface area contributed by atoms with E-state index in [4.69, 9.17) is 14.2 Å². The first kappa shape index (κ1) is 64.4. The summed E-state index contributed by atoms with van der Waals surface area (Å²) in [7, 11) is 0. The van der Waals surface area contributed by atoms with Crippen LogP contribution in [0.5, 0.6) is 0 Å². The Kier molecular flexibility index (Phi) is 53.8. The van der Waals surface area contributed by atoms with Gasteiger partial charge in [0.1, 0.15) is 13.2 Å². The van der Waals surface area contributed by atoms with Gasteiger partial charge in [0.2, 0.25) is 0 Å². The predicted octanol–water partition coefficient (Wildman–Crippen LogP) is 19.4. The summed E-state index contributed by atoms with van der Waals surface area (Å²) in [6.45, 7) is 6.61. The molecule has 67 heavy (non-hydrogen) atoms. The molecule has 0 rings (SSSR count). The molecule has 0 aliphatic heterocycles. The van der Waals surface area contributed by atoms with Crippen LogP contribution in [-0.2, 0) is 28.6 Å². The number of carbonyl (C=O) groups excluding carboxylic acids is 3. The molecule has 6 heteroatoms. The van der Waals surface area contributed by atoms with Gasteiger partial charge < -0.3 is 14.2 Å². The van der Waals surface area contributed by atoms with Gasteiger partial charge in [0.15, 0.2) is 6.10 Å². The van der Waals surface area contributed by atoms with E-state index in [-0.39, 0.29) is 31.1 Å². The van der Waals surface area contributed by atoms with Gasteiger partial charge in [0.05, 0.1) is 0 Å². The molecule has 0 aromatic carbocycles. The van der Waals surface area contributed by atoms with Gasteiger partial charge in [-0.25, -0.2) is 0 Å². The number of carbonyl (C=O) groups is 3. The summed E-state index contributed by atoms with van der Waals surface area (Å²) in [4.78, 5) is 38.1. The van der Waals surface area contributed by atoms with Crippen LogP contribution in [0.15, 0.2) is 48.6 Å². The minimum absolute atomic E-state index is 0.0855. The SMILES string of the molecule is CCCCC/C=C\C/C=C\C/C=C\CCCCC(=O)OC[C@H](COC(=O)CCCCCCCCCCCCCCCCCCCC)OC(=O)CCCCCCC/C=C\CCCCCCCCC. The average molecular weight is 940 g/mol. The second-order valence-electron chi connectivity index (χ2n) is 19.6. The highest BCUT2D eigenvalue weighted by Gasteiger charge is 2.19. The van der Waals surface area contributed by atoms with Crippen LogP contribution >= 0.6 is 0 Å². The highest BCUT2D eigenvalue weighted by molar-refractivity contribution is 5.71. The molecule has 6 nitrogen and oxygen atoms in total. The van der Waals surface area contributed by atoms with Gasteiger partial charge in [-0.3, -0.25) is 14.4 Å². The zero-order valence-corrected chi connectivity index (χ0v) is 44.7. The van der Waals surface area contributed by atoms with Crippen molar-refractivity contribution in [2.75, 3.05) is 13.2 Å². The van der Waals surface area contributed by atoms with Crippen molar-refractivity contribution in [3.63, 3.8) is 0 Å². The van der Waals surface area contributed by atoms with Gasteiger partial charge in [-0.2, -0.15) is 0 Å². The number of rotatable bonds is 53. The molecule has 0 aliphatic carbocycles. The number of allylic oxidation sites excluding steroid dienone is 8. The maximum Gasteiger partial charge on any atom is 0.306 e. The fourth-order valence-corrected chi connectivity index (χ4v) is 8.39. The monoisotopic (exact) mass is 939 g/mol. The smallest absolute Gasteiger partial charge is 0.306 e. The van der Waals surface area contributed by atoms with Crippen LogP contribution in [0.3, 0.4) is 0 Å². The highest BCUT2D eigenvalue weighted by Crippen LogP contribution is 2.16. The molecule has 0 spiro atoms. The predicted molar refractivity (Wildman–Crippen MR) is 289 cm³/mol. The van der Waals surface area contributed by atoms with Crippen LogP contribution in [0.4, 0.5) is 0 Å². The van der Waals surface area contributed by atoms with Crippen molar-refractivity contribution in [1.82, 2.24) is 0 Å². The standard InChI is InChI=1S/C61H110O6/c1-4-7-10-13-16-19-22-25-28-30-31-34-36-39-42-45-48-51-54-60(63)66-57-58(56-65-59(62)53-50-47-44-41-38-35-32-27-24-21-18-15-12-9-6-3)67-61(64)55-52-49-46-43-40-37-33-29-26-23-20-17-14-11-8-5-2/h18,21,27,29,32-33,38,41,58H,4-17,19-20,22-26,28,30-31,34-37,39-40,42-57H2,1-3H3/b21-18-,32-27-,33-29-,41-38-/t58-/m1/s1. The van der Waals surface area contributed by atoms with Crippen LogP contribution in [0.25, 0.3) is 0 Å². The lowest BCUT2D eigenvalue weighted by atomic mass is 10.0. The van der Waals surface area contributed by atoms with Crippen molar-refractivity contribution in [3.8, 4) is 0 Å². The second kappa shape index (κ2) is 56.0. The number of hydrogen-bond acceptors (Lipinski definition) is 6. The molecule has 1 atom stereocenters. The normalized spacial score (nSPS) is 12.3. The first-order valence-electron chi connectivity index (χ1n) is 29.1. The molecular weight excluding hydrogens is 829 g/mol. The maximum atomic E-state index is 12.8. The zero-order valence-electron chi connectivity index (χ0n) is 44.7. The van der Waals surface area contributed by atoms with Crippen LogP contribution in [0.2, 0.25) is 0 Å².